The van der Waals surface area contributed by atoms with E-state index in [0.717, 1.165) is 19.1 Å². The second-order valence-corrected chi connectivity index (χ2v) is 12.5. The highest BCUT2D eigenvalue weighted by Gasteiger charge is 2.68. The molecule has 4 heteroatoms. The standard InChI is InChI=1S/C27H42O4/c1-17(30)31-23-14-22-25(4)12-7-11-24(2,3)20(25)10-13-26(22,5)21-9-8-18(15-28)19(16-29)27(21,23)6/h8,15,19-23,29H,7,9-14,16H2,1-6H3/t19-,20-,21-,22+,23-,25-,26-,27+/m0/s1. The Labute approximate surface area is 188 Å². The highest BCUT2D eigenvalue weighted by molar-refractivity contribution is 5.75. The van der Waals surface area contributed by atoms with Crippen molar-refractivity contribution in [2.75, 3.05) is 6.61 Å². The second kappa shape index (κ2) is 7.43. The van der Waals surface area contributed by atoms with Crippen LogP contribution in [0, 0.1) is 45.3 Å². The van der Waals surface area contributed by atoms with Gasteiger partial charge in [-0.15, -0.1) is 0 Å². The van der Waals surface area contributed by atoms with Gasteiger partial charge in [-0.1, -0.05) is 47.1 Å². The first-order valence-electron chi connectivity index (χ1n) is 12.4. The SMILES string of the molecule is CC(=O)O[C@H]1C[C@@H]2[C@@]3(C)CCCC(C)(C)[C@@H]3CC[C@@]2(C)[C@@H]2CC=C(C=O)[C@H](CO)[C@@]12C. The Morgan fingerprint density at radius 3 is 2.39 bits per heavy atom. The van der Waals surface area contributed by atoms with Gasteiger partial charge in [0.2, 0.25) is 0 Å². The Morgan fingerprint density at radius 1 is 1.10 bits per heavy atom. The van der Waals surface area contributed by atoms with Crippen LogP contribution in [0.25, 0.3) is 0 Å². The number of ether oxygens (including phenoxy) is 1. The number of rotatable bonds is 3. The molecule has 0 spiro atoms. The van der Waals surface area contributed by atoms with E-state index in [0.29, 0.717) is 22.8 Å². The molecule has 0 aliphatic heterocycles. The summed E-state index contributed by atoms with van der Waals surface area (Å²) >= 11 is 0. The minimum absolute atomic E-state index is 0.0803. The lowest BCUT2D eigenvalue weighted by molar-refractivity contribution is -0.242. The van der Waals surface area contributed by atoms with Crippen LogP contribution in [0.15, 0.2) is 11.6 Å². The van der Waals surface area contributed by atoms with Gasteiger partial charge < -0.3 is 9.84 Å². The Hall–Kier alpha value is -1.16. The average Bonchev–Trinajstić information content (AvgIpc) is 2.67. The van der Waals surface area contributed by atoms with Crippen LogP contribution in [-0.2, 0) is 14.3 Å². The molecule has 0 heterocycles. The van der Waals surface area contributed by atoms with Crippen LogP contribution in [0.4, 0.5) is 0 Å². The zero-order valence-corrected chi connectivity index (χ0v) is 20.4. The summed E-state index contributed by atoms with van der Waals surface area (Å²) in [6.07, 6.45) is 10.6. The van der Waals surface area contributed by atoms with Crippen molar-refractivity contribution in [3.63, 3.8) is 0 Å². The van der Waals surface area contributed by atoms with Gasteiger partial charge in [0.1, 0.15) is 12.4 Å². The summed E-state index contributed by atoms with van der Waals surface area (Å²) in [5.41, 5.74) is 0.945. The Morgan fingerprint density at radius 2 is 1.77 bits per heavy atom. The molecule has 0 unspecified atom stereocenters. The smallest absolute Gasteiger partial charge is 0.302 e. The molecule has 4 nitrogen and oxygen atoms in total. The monoisotopic (exact) mass is 430 g/mol. The fourth-order valence-electron chi connectivity index (χ4n) is 9.60. The molecule has 0 aromatic heterocycles. The van der Waals surface area contributed by atoms with E-state index in [1.807, 2.05) is 0 Å². The third-order valence-electron chi connectivity index (χ3n) is 10.9. The number of fused-ring (bicyclic) bond motifs is 5. The van der Waals surface area contributed by atoms with Crippen molar-refractivity contribution in [2.24, 2.45) is 45.3 Å². The van der Waals surface area contributed by atoms with Gasteiger partial charge >= 0.3 is 5.97 Å². The number of esters is 1. The summed E-state index contributed by atoms with van der Waals surface area (Å²) in [4.78, 5) is 24.1. The average molecular weight is 431 g/mol. The van der Waals surface area contributed by atoms with Crippen molar-refractivity contribution in [2.45, 2.75) is 92.6 Å². The van der Waals surface area contributed by atoms with Crippen LogP contribution < -0.4 is 0 Å². The number of hydrogen-bond acceptors (Lipinski definition) is 4. The molecule has 3 fully saturated rings. The van der Waals surface area contributed by atoms with Crippen molar-refractivity contribution >= 4 is 12.3 Å². The predicted molar refractivity (Wildman–Crippen MR) is 121 cm³/mol. The van der Waals surface area contributed by atoms with E-state index in [2.05, 4.69) is 40.7 Å². The summed E-state index contributed by atoms with van der Waals surface area (Å²) in [5, 5.41) is 10.4. The zero-order chi connectivity index (χ0) is 22.8. The Kier molecular flexibility index (Phi) is 5.52. The van der Waals surface area contributed by atoms with Gasteiger partial charge in [0.05, 0.1) is 6.61 Å². The number of carbonyl (C=O) groups is 2. The number of hydrogen-bond donors (Lipinski definition) is 1. The first-order valence-corrected chi connectivity index (χ1v) is 12.4. The van der Waals surface area contributed by atoms with E-state index in [1.54, 1.807) is 0 Å². The van der Waals surface area contributed by atoms with Crippen LogP contribution >= 0.6 is 0 Å². The van der Waals surface area contributed by atoms with Crippen molar-refractivity contribution in [1.29, 1.82) is 0 Å². The number of aldehydes is 1. The number of aliphatic hydroxyl groups excluding tert-OH is 1. The summed E-state index contributed by atoms with van der Waals surface area (Å²) in [7, 11) is 0. The maximum absolute atomic E-state index is 12.2. The molecule has 0 bridgehead atoms. The van der Waals surface area contributed by atoms with Crippen LogP contribution in [0.1, 0.15) is 86.5 Å². The number of carbonyl (C=O) groups excluding carboxylic acids is 2. The quantitative estimate of drug-likeness (QED) is 0.485. The van der Waals surface area contributed by atoms with Gasteiger partial charge in [0.15, 0.2) is 0 Å². The third kappa shape index (κ3) is 3.10. The van der Waals surface area contributed by atoms with E-state index in [1.165, 1.54) is 39.0 Å². The molecule has 3 saturated carbocycles. The molecule has 4 aliphatic rings. The highest BCUT2D eigenvalue weighted by atomic mass is 16.5. The lowest BCUT2D eigenvalue weighted by Crippen LogP contribution is -2.67. The predicted octanol–water partition coefficient (Wildman–Crippen LogP) is 5.33. The van der Waals surface area contributed by atoms with E-state index in [-0.39, 0.29) is 41.3 Å². The topological polar surface area (TPSA) is 63.6 Å². The molecule has 8 atom stereocenters. The maximum Gasteiger partial charge on any atom is 0.302 e. The van der Waals surface area contributed by atoms with E-state index in [9.17, 15) is 14.7 Å². The van der Waals surface area contributed by atoms with Crippen molar-refractivity contribution in [1.82, 2.24) is 0 Å². The van der Waals surface area contributed by atoms with E-state index in [4.69, 9.17) is 4.74 Å². The molecule has 0 radical (unpaired) electrons. The first-order chi connectivity index (χ1) is 14.4. The first kappa shape index (κ1) is 23.0. The fraction of sp³-hybridized carbons (Fsp3) is 0.852. The summed E-state index contributed by atoms with van der Waals surface area (Å²) in [5.74, 6) is 0.915. The molecule has 0 aromatic carbocycles. The molecular weight excluding hydrogens is 388 g/mol. The van der Waals surface area contributed by atoms with Crippen molar-refractivity contribution in [3.05, 3.63) is 11.6 Å². The van der Waals surface area contributed by atoms with Crippen LogP contribution in [-0.4, -0.2) is 30.1 Å². The Bertz CT molecular complexity index is 784. The molecule has 1 N–H and O–H groups in total. The molecule has 174 valence electrons. The second-order valence-electron chi connectivity index (χ2n) is 12.5. The number of allylic oxidation sites excluding steroid dienone is 1. The molecular formula is C27H42O4. The molecule has 0 amide bonds. The normalized spacial score (nSPS) is 48.5. The van der Waals surface area contributed by atoms with Gasteiger partial charge in [0.25, 0.3) is 0 Å². The lowest BCUT2D eigenvalue weighted by Gasteiger charge is -2.70. The van der Waals surface area contributed by atoms with E-state index >= 15 is 0 Å². The molecule has 4 aliphatic carbocycles. The fourth-order valence-corrected chi connectivity index (χ4v) is 9.60. The lowest BCUT2D eigenvalue weighted by atomic mass is 9.34. The van der Waals surface area contributed by atoms with Gasteiger partial charge in [-0.3, -0.25) is 9.59 Å². The van der Waals surface area contributed by atoms with Crippen LogP contribution in [0.2, 0.25) is 0 Å². The molecule has 4 rings (SSSR count). The van der Waals surface area contributed by atoms with Gasteiger partial charge in [-0.2, -0.15) is 0 Å². The minimum atomic E-state index is -0.427. The van der Waals surface area contributed by atoms with Crippen molar-refractivity contribution in [3.8, 4) is 0 Å². The number of aliphatic hydroxyl groups is 1. The van der Waals surface area contributed by atoms with Gasteiger partial charge in [-0.25, -0.2) is 0 Å². The summed E-state index contributed by atoms with van der Waals surface area (Å²) < 4.78 is 6.07. The highest BCUT2D eigenvalue weighted by Crippen LogP contribution is 2.73. The third-order valence-corrected chi connectivity index (χ3v) is 10.9. The largest absolute Gasteiger partial charge is 0.462 e. The van der Waals surface area contributed by atoms with E-state index < -0.39 is 5.41 Å². The van der Waals surface area contributed by atoms with Crippen LogP contribution in [0.5, 0.6) is 0 Å². The minimum Gasteiger partial charge on any atom is -0.462 e. The summed E-state index contributed by atoms with van der Waals surface area (Å²) in [6.45, 7) is 13.5. The van der Waals surface area contributed by atoms with Gasteiger partial charge in [0, 0.05) is 18.3 Å². The van der Waals surface area contributed by atoms with Crippen molar-refractivity contribution < 1.29 is 19.4 Å². The maximum atomic E-state index is 12.2. The van der Waals surface area contributed by atoms with Crippen LogP contribution in [0.3, 0.4) is 0 Å². The summed E-state index contributed by atoms with van der Waals surface area (Å²) in [6, 6.07) is 0. The molecule has 0 aromatic rings. The molecule has 31 heavy (non-hydrogen) atoms. The Balaban J connectivity index is 1.84. The van der Waals surface area contributed by atoms with Gasteiger partial charge in [-0.05, 0) is 78.1 Å². The zero-order valence-electron chi connectivity index (χ0n) is 20.4. The molecule has 0 saturated heterocycles.